The molecular weight excluding hydrogens is 246 g/mol. The number of aryl methyl sites for hydroxylation is 1. The van der Waals surface area contributed by atoms with Crippen LogP contribution in [-0.2, 0) is 6.42 Å². The van der Waals surface area contributed by atoms with Gasteiger partial charge in [-0.15, -0.1) is 0 Å². The maximum absolute atomic E-state index is 5.80. The summed E-state index contributed by atoms with van der Waals surface area (Å²) in [6.07, 6.45) is 5.29. The molecule has 102 valence electrons. The summed E-state index contributed by atoms with van der Waals surface area (Å²) in [5.74, 6) is 0.996. The first-order valence-electron chi connectivity index (χ1n) is 7.52. The lowest BCUT2D eigenvalue weighted by Gasteiger charge is -2.18. The Bertz CT molecular complexity index is 614. The molecule has 1 fully saturated rings. The van der Waals surface area contributed by atoms with Crippen molar-refractivity contribution in [3.63, 3.8) is 0 Å². The van der Waals surface area contributed by atoms with Crippen molar-refractivity contribution in [2.45, 2.75) is 31.8 Å². The van der Waals surface area contributed by atoms with Gasteiger partial charge >= 0.3 is 0 Å². The second-order valence-electron chi connectivity index (χ2n) is 5.74. The van der Waals surface area contributed by atoms with E-state index in [9.17, 15) is 0 Å². The van der Waals surface area contributed by atoms with Gasteiger partial charge in [-0.25, -0.2) is 0 Å². The highest BCUT2D eigenvalue weighted by atomic mass is 16.5. The van der Waals surface area contributed by atoms with E-state index in [1.165, 1.54) is 48.1 Å². The van der Waals surface area contributed by atoms with E-state index in [0.29, 0.717) is 6.10 Å². The number of fused-ring (bicyclic) bond motifs is 1. The first-order chi connectivity index (χ1) is 9.88. The van der Waals surface area contributed by atoms with Crippen molar-refractivity contribution in [3.05, 3.63) is 48.0 Å². The van der Waals surface area contributed by atoms with Crippen molar-refractivity contribution in [1.29, 1.82) is 0 Å². The Labute approximate surface area is 119 Å². The number of ether oxygens (including phenoxy) is 1. The molecule has 0 unspecified atom stereocenters. The smallest absolute Gasteiger partial charge is 0.119 e. The Morgan fingerprint density at radius 2 is 1.75 bits per heavy atom. The summed E-state index contributed by atoms with van der Waals surface area (Å²) in [5.41, 5.74) is 5.30. The van der Waals surface area contributed by atoms with Gasteiger partial charge < -0.3 is 10.1 Å². The zero-order chi connectivity index (χ0) is 13.4. The number of benzene rings is 2. The topological polar surface area (TPSA) is 21.3 Å². The highest BCUT2D eigenvalue weighted by molar-refractivity contribution is 5.69. The van der Waals surface area contributed by atoms with Crippen molar-refractivity contribution < 1.29 is 4.74 Å². The SMILES string of the molecule is c1cc(-c2ccc3c(c2)CCCN3)ccc1OC1CC1. The Balaban J connectivity index is 1.59. The van der Waals surface area contributed by atoms with E-state index < -0.39 is 0 Å². The molecule has 1 aliphatic carbocycles. The maximum Gasteiger partial charge on any atom is 0.119 e. The fourth-order valence-corrected chi connectivity index (χ4v) is 2.76. The minimum atomic E-state index is 0.468. The fraction of sp³-hybridized carbons (Fsp3) is 0.333. The lowest BCUT2D eigenvalue weighted by atomic mass is 9.97. The van der Waals surface area contributed by atoms with Gasteiger partial charge in [-0.2, -0.15) is 0 Å². The van der Waals surface area contributed by atoms with E-state index in [2.05, 4.69) is 47.8 Å². The van der Waals surface area contributed by atoms with E-state index in [1.807, 2.05) is 0 Å². The van der Waals surface area contributed by atoms with Crippen LogP contribution in [0, 0.1) is 0 Å². The molecule has 0 bridgehead atoms. The van der Waals surface area contributed by atoms with Gasteiger partial charge in [0.1, 0.15) is 5.75 Å². The number of anilines is 1. The third-order valence-electron chi connectivity index (χ3n) is 4.06. The average Bonchev–Trinajstić information content (AvgIpc) is 3.32. The van der Waals surface area contributed by atoms with Gasteiger partial charge in [0.15, 0.2) is 0 Å². The van der Waals surface area contributed by atoms with E-state index in [1.54, 1.807) is 0 Å². The number of hydrogen-bond donors (Lipinski definition) is 1. The van der Waals surface area contributed by atoms with Gasteiger partial charge in [0.25, 0.3) is 0 Å². The Kier molecular flexibility index (Phi) is 2.87. The lowest BCUT2D eigenvalue weighted by molar-refractivity contribution is 0.303. The molecule has 0 amide bonds. The molecule has 1 saturated carbocycles. The van der Waals surface area contributed by atoms with Crippen LogP contribution >= 0.6 is 0 Å². The molecule has 0 saturated heterocycles. The molecular formula is C18H19NO. The van der Waals surface area contributed by atoms with Crippen molar-refractivity contribution in [3.8, 4) is 16.9 Å². The monoisotopic (exact) mass is 265 g/mol. The molecule has 2 aromatic carbocycles. The van der Waals surface area contributed by atoms with Gasteiger partial charge in [0.05, 0.1) is 6.10 Å². The van der Waals surface area contributed by atoms with Crippen molar-refractivity contribution >= 4 is 5.69 Å². The predicted molar refractivity (Wildman–Crippen MR) is 82.3 cm³/mol. The van der Waals surface area contributed by atoms with Crippen LogP contribution < -0.4 is 10.1 Å². The third-order valence-corrected chi connectivity index (χ3v) is 4.06. The summed E-state index contributed by atoms with van der Waals surface area (Å²) in [6.45, 7) is 1.10. The van der Waals surface area contributed by atoms with Gasteiger partial charge in [-0.1, -0.05) is 18.2 Å². The minimum absolute atomic E-state index is 0.468. The van der Waals surface area contributed by atoms with E-state index >= 15 is 0 Å². The van der Waals surface area contributed by atoms with Gasteiger partial charge in [0, 0.05) is 12.2 Å². The normalized spacial score (nSPS) is 17.2. The summed E-state index contributed by atoms with van der Waals surface area (Å²) in [7, 11) is 0. The number of rotatable bonds is 3. The van der Waals surface area contributed by atoms with Crippen LogP contribution in [0.4, 0.5) is 5.69 Å². The molecule has 2 aromatic rings. The summed E-state index contributed by atoms with van der Waals surface area (Å²) >= 11 is 0. The molecule has 0 atom stereocenters. The van der Waals surface area contributed by atoms with Crippen molar-refractivity contribution in [2.24, 2.45) is 0 Å². The fourth-order valence-electron chi connectivity index (χ4n) is 2.76. The van der Waals surface area contributed by atoms with Crippen LogP contribution in [0.5, 0.6) is 5.75 Å². The molecule has 0 radical (unpaired) electrons. The number of hydrogen-bond acceptors (Lipinski definition) is 2. The van der Waals surface area contributed by atoms with Crippen molar-refractivity contribution in [2.75, 3.05) is 11.9 Å². The first kappa shape index (κ1) is 11.8. The Morgan fingerprint density at radius 1 is 0.950 bits per heavy atom. The van der Waals surface area contributed by atoms with Gasteiger partial charge in [-0.3, -0.25) is 0 Å². The summed E-state index contributed by atoms with van der Waals surface area (Å²) in [4.78, 5) is 0. The highest BCUT2D eigenvalue weighted by Gasteiger charge is 2.23. The third kappa shape index (κ3) is 2.38. The minimum Gasteiger partial charge on any atom is -0.490 e. The Hall–Kier alpha value is -1.96. The van der Waals surface area contributed by atoms with Gasteiger partial charge in [0.2, 0.25) is 0 Å². The maximum atomic E-state index is 5.80. The van der Waals surface area contributed by atoms with Crippen LogP contribution in [0.25, 0.3) is 11.1 Å². The lowest BCUT2D eigenvalue weighted by Crippen LogP contribution is -2.11. The van der Waals surface area contributed by atoms with Crippen LogP contribution in [0.15, 0.2) is 42.5 Å². The van der Waals surface area contributed by atoms with Gasteiger partial charge in [-0.05, 0) is 66.6 Å². The standard InChI is InChI=1S/C18H19NO/c1-2-15-12-14(5-10-18(15)19-11-1)13-3-6-16(7-4-13)20-17-8-9-17/h3-7,10,12,17,19H,1-2,8-9,11H2. The molecule has 2 nitrogen and oxygen atoms in total. The van der Waals surface area contributed by atoms with Crippen LogP contribution in [0.1, 0.15) is 24.8 Å². The Morgan fingerprint density at radius 3 is 2.55 bits per heavy atom. The molecule has 4 rings (SSSR count). The molecule has 1 N–H and O–H groups in total. The van der Waals surface area contributed by atoms with Crippen LogP contribution in [0.3, 0.4) is 0 Å². The molecule has 2 aliphatic rings. The van der Waals surface area contributed by atoms with Crippen LogP contribution in [0.2, 0.25) is 0 Å². The molecule has 2 heteroatoms. The second kappa shape index (κ2) is 4.86. The van der Waals surface area contributed by atoms with Crippen LogP contribution in [-0.4, -0.2) is 12.6 Å². The molecule has 1 aliphatic heterocycles. The molecule has 0 aromatic heterocycles. The average molecular weight is 265 g/mol. The predicted octanol–water partition coefficient (Wildman–Crippen LogP) is 4.25. The zero-order valence-electron chi connectivity index (χ0n) is 11.6. The summed E-state index contributed by atoms with van der Waals surface area (Å²) in [6, 6.07) is 15.2. The molecule has 0 spiro atoms. The summed E-state index contributed by atoms with van der Waals surface area (Å²) < 4.78 is 5.80. The summed E-state index contributed by atoms with van der Waals surface area (Å²) in [5, 5.41) is 3.46. The number of nitrogens with one attached hydrogen (secondary N) is 1. The molecule has 20 heavy (non-hydrogen) atoms. The largest absolute Gasteiger partial charge is 0.490 e. The van der Waals surface area contributed by atoms with E-state index in [-0.39, 0.29) is 0 Å². The van der Waals surface area contributed by atoms with E-state index in [0.717, 1.165) is 12.3 Å². The quantitative estimate of drug-likeness (QED) is 0.895. The van der Waals surface area contributed by atoms with E-state index in [4.69, 9.17) is 4.74 Å². The highest BCUT2D eigenvalue weighted by Crippen LogP contribution is 2.31. The zero-order valence-corrected chi connectivity index (χ0v) is 11.6. The first-order valence-corrected chi connectivity index (χ1v) is 7.52. The molecule has 1 heterocycles. The second-order valence-corrected chi connectivity index (χ2v) is 5.74. The van der Waals surface area contributed by atoms with Crippen molar-refractivity contribution in [1.82, 2.24) is 0 Å².